The first-order valence-corrected chi connectivity index (χ1v) is 11.4. The second-order valence-corrected chi connectivity index (χ2v) is 9.16. The molecule has 0 bridgehead atoms. The second-order valence-electron chi connectivity index (χ2n) is 7.48. The number of amides is 1. The molecule has 1 aliphatic carbocycles. The van der Waals surface area contributed by atoms with Crippen LogP contribution in [0.1, 0.15) is 60.9 Å². The van der Waals surface area contributed by atoms with E-state index in [1.165, 1.54) is 19.3 Å². The molecule has 28 heavy (non-hydrogen) atoms. The Bertz CT molecular complexity index is 900. The van der Waals surface area contributed by atoms with E-state index in [2.05, 4.69) is 10.0 Å². The first-order chi connectivity index (χ1) is 13.5. The van der Waals surface area contributed by atoms with Crippen LogP contribution < -0.4 is 10.0 Å². The topological polar surface area (TPSA) is 75.3 Å². The lowest BCUT2D eigenvalue weighted by Gasteiger charge is -2.22. The van der Waals surface area contributed by atoms with Crippen LogP contribution in [-0.4, -0.2) is 20.4 Å². The summed E-state index contributed by atoms with van der Waals surface area (Å²) < 4.78 is 28.0. The maximum absolute atomic E-state index is 12.9. The predicted octanol–water partition coefficient (Wildman–Crippen LogP) is 4.64. The van der Waals surface area contributed by atoms with E-state index in [-0.39, 0.29) is 16.8 Å². The molecule has 0 unspecified atom stereocenters. The van der Waals surface area contributed by atoms with Crippen molar-refractivity contribution in [3.63, 3.8) is 0 Å². The van der Waals surface area contributed by atoms with Crippen molar-refractivity contribution in [2.24, 2.45) is 0 Å². The highest BCUT2D eigenvalue weighted by molar-refractivity contribution is 7.92. The molecule has 6 heteroatoms. The smallest absolute Gasteiger partial charge is 0.261 e. The van der Waals surface area contributed by atoms with Crippen LogP contribution in [0.5, 0.6) is 0 Å². The Labute approximate surface area is 167 Å². The molecule has 0 spiro atoms. The van der Waals surface area contributed by atoms with Gasteiger partial charge in [0.1, 0.15) is 0 Å². The molecule has 1 amide bonds. The summed E-state index contributed by atoms with van der Waals surface area (Å²) in [6.45, 7) is 1.90. The van der Waals surface area contributed by atoms with Gasteiger partial charge in [-0.05, 0) is 44.0 Å². The van der Waals surface area contributed by atoms with Crippen LogP contribution in [0, 0.1) is 6.92 Å². The first-order valence-electron chi connectivity index (χ1n) is 9.95. The van der Waals surface area contributed by atoms with Crippen molar-refractivity contribution in [1.29, 1.82) is 0 Å². The molecule has 1 fully saturated rings. The lowest BCUT2D eigenvalue weighted by molar-refractivity contribution is 0.0931. The summed E-state index contributed by atoms with van der Waals surface area (Å²) in [6.07, 6.45) is 7.87. The summed E-state index contributed by atoms with van der Waals surface area (Å²) in [5.74, 6) is -0.229. The number of carbonyl (C=O) groups excluding carboxylic acids is 1. The minimum atomic E-state index is -3.76. The van der Waals surface area contributed by atoms with Crippen LogP contribution in [0.25, 0.3) is 0 Å². The van der Waals surface area contributed by atoms with Crippen LogP contribution in [-0.2, 0) is 10.0 Å². The van der Waals surface area contributed by atoms with Gasteiger partial charge >= 0.3 is 0 Å². The van der Waals surface area contributed by atoms with Gasteiger partial charge in [-0.3, -0.25) is 9.52 Å². The maximum atomic E-state index is 12.9. The Morgan fingerprint density at radius 3 is 2.18 bits per heavy atom. The Morgan fingerprint density at radius 2 is 1.50 bits per heavy atom. The molecule has 0 radical (unpaired) electrons. The Hall–Kier alpha value is -2.34. The van der Waals surface area contributed by atoms with Crippen LogP contribution in [0.2, 0.25) is 0 Å². The van der Waals surface area contributed by atoms with Gasteiger partial charge in [-0.2, -0.15) is 0 Å². The minimum Gasteiger partial charge on any atom is -0.349 e. The summed E-state index contributed by atoms with van der Waals surface area (Å²) >= 11 is 0. The number of nitrogens with one attached hydrogen (secondary N) is 2. The highest BCUT2D eigenvalue weighted by Gasteiger charge is 2.20. The van der Waals surface area contributed by atoms with Crippen molar-refractivity contribution in [3.05, 3.63) is 59.7 Å². The van der Waals surface area contributed by atoms with Gasteiger partial charge < -0.3 is 5.32 Å². The Kier molecular flexibility index (Phi) is 6.73. The molecule has 150 valence electrons. The van der Waals surface area contributed by atoms with E-state index in [9.17, 15) is 13.2 Å². The quantitative estimate of drug-likeness (QED) is 0.768. The summed E-state index contributed by atoms with van der Waals surface area (Å²) in [5.41, 5.74) is 1.63. The summed E-state index contributed by atoms with van der Waals surface area (Å²) in [7, 11) is -3.76. The number of para-hydroxylation sites is 1. The molecule has 0 heterocycles. The van der Waals surface area contributed by atoms with E-state index in [0.29, 0.717) is 11.3 Å². The average Bonchev–Trinajstić information content (AvgIpc) is 2.64. The van der Waals surface area contributed by atoms with Gasteiger partial charge in [0.05, 0.1) is 16.1 Å². The fourth-order valence-electron chi connectivity index (χ4n) is 3.55. The number of anilines is 1. The lowest BCUT2D eigenvalue weighted by atomic mass is 9.96. The highest BCUT2D eigenvalue weighted by atomic mass is 32.2. The molecule has 1 aliphatic rings. The molecule has 2 aromatic carbocycles. The minimum absolute atomic E-state index is 0.148. The third kappa shape index (κ3) is 5.35. The van der Waals surface area contributed by atoms with Crippen molar-refractivity contribution in [3.8, 4) is 0 Å². The third-order valence-corrected chi connectivity index (χ3v) is 6.57. The van der Waals surface area contributed by atoms with E-state index < -0.39 is 10.0 Å². The third-order valence-electron chi connectivity index (χ3n) is 5.19. The van der Waals surface area contributed by atoms with Crippen molar-refractivity contribution in [2.75, 3.05) is 4.72 Å². The van der Waals surface area contributed by atoms with E-state index >= 15 is 0 Å². The SMILES string of the molecule is Cc1ccc(S(=O)(=O)Nc2ccccc2C(=O)NC2CCCCCCC2)cc1. The molecule has 5 nitrogen and oxygen atoms in total. The summed E-state index contributed by atoms with van der Waals surface area (Å²) in [4.78, 5) is 13.0. The van der Waals surface area contributed by atoms with Crippen molar-refractivity contribution < 1.29 is 13.2 Å². The van der Waals surface area contributed by atoms with Crippen molar-refractivity contribution in [2.45, 2.75) is 62.8 Å². The highest BCUT2D eigenvalue weighted by Crippen LogP contribution is 2.22. The zero-order valence-electron chi connectivity index (χ0n) is 16.3. The number of aryl methyl sites for hydroxylation is 1. The number of rotatable bonds is 5. The normalized spacial score (nSPS) is 16.0. The van der Waals surface area contributed by atoms with Gasteiger partial charge in [-0.15, -0.1) is 0 Å². The second kappa shape index (κ2) is 9.24. The molecule has 0 aliphatic heterocycles. The number of benzene rings is 2. The van der Waals surface area contributed by atoms with Gasteiger partial charge in [0.25, 0.3) is 15.9 Å². The van der Waals surface area contributed by atoms with Gasteiger partial charge in [0, 0.05) is 6.04 Å². The van der Waals surface area contributed by atoms with Gasteiger partial charge in [0.2, 0.25) is 0 Å². The van der Waals surface area contributed by atoms with Gasteiger partial charge in [-0.1, -0.05) is 61.9 Å². The number of hydrogen-bond donors (Lipinski definition) is 2. The predicted molar refractivity (Wildman–Crippen MR) is 112 cm³/mol. The molecule has 0 saturated heterocycles. The summed E-state index contributed by atoms with van der Waals surface area (Å²) in [6, 6.07) is 13.5. The molecule has 1 saturated carbocycles. The van der Waals surface area contributed by atoms with Crippen LogP contribution in [0.3, 0.4) is 0 Å². The largest absolute Gasteiger partial charge is 0.349 e. The first kappa shape index (κ1) is 20.4. The standard InChI is InChI=1S/C22H28N2O3S/c1-17-13-15-19(16-14-17)28(26,27)24-21-12-8-7-11-20(21)22(25)23-18-9-5-3-2-4-6-10-18/h7-8,11-16,18,24H,2-6,9-10H2,1H3,(H,23,25). The van der Waals surface area contributed by atoms with Gasteiger partial charge in [-0.25, -0.2) is 8.42 Å². The van der Waals surface area contributed by atoms with E-state index in [1.807, 2.05) is 6.92 Å². The molecule has 2 N–H and O–H groups in total. The zero-order valence-corrected chi connectivity index (χ0v) is 17.1. The van der Waals surface area contributed by atoms with Crippen molar-refractivity contribution >= 4 is 21.6 Å². The Morgan fingerprint density at radius 1 is 0.893 bits per heavy atom. The molecular weight excluding hydrogens is 372 g/mol. The fourth-order valence-corrected chi connectivity index (χ4v) is 4.63. The average molecular weight is 401 g/mol. The molecule has 0 aromatic heterocycles. The zero-order chi connectivity index (χ0) is 20.0. The molecule has 2 aromatic rings. The summed E-state index contributed by atoms with van der Waals surface area (Å²) in [5, 5.41) is 3.10. The van der Waals surface area contributed by atoms with Crippen LogP contribution in [0.4, 0.5) is 5.69 Å². The number of carbonyl (C=O) groups is 1. The number of hydrogen-bond acceptors (Lipinski definition) is 3. The molecular formula is C22H28N2O3S. The molecule has 0 atom stereocenters. The Balaban J connectivity index is 1.76. The lowest BCUT2D eigenvalue weighted by Crippen LogP contribution is -2.35. The fraction of sp³-hybridized carbons (Fsp3) is 0.409. The monoisotopic (exact) mass is 400 g/mol. The number of sulfonamides is 1. The van der Waals surface area contributed by atoms with Crippen LogP contribution >= 0.6 is 0 Å². The maximum Gasteiger partial charge on any atom is 0.261 e. The molecule has 3 rings (SSSR count). The van der Waals surface area contributed by atoms with Crippen LogP contribution in [0.15, 0.2) is 53.4 Å². The van der Waals surface area contributed by atoms with E-state index in [0.717, 1.165) is 31.2 Å². The van der Waals surface area contributed by atoms with Crippen molar-refractivity contribution in [1.82, 2.24) is 5.32 Å². The van der Waals surface area contributed by atoms with Gasteiger partial charge in [0.15, 0.2) is 0 Å². The van der Waals surface area contributed by atoms with E-state index in [4.69, 9.17) is 0 Å². The van der Waals surface area contributed by atoms with E-state index in [1.54, 1.807) is 48.5 Å².